The van der Waals surface area contributed by atoms with Gasteiger partial charge in [0.25, 0.3) is 0 Å². The lowest BCUT2D eigenvalue weighted by atomic mass is 10.0. The van der Waals surface area contributed by atoms with Gasteiger partial charge in [0, 0.05) is 17.6 Å². The zero-order valence-electron chi connectivity index (χ0n) is 11.8. The summed E-state index contributed by atoms with van der Waals surface area (Å²) in [6.07, 6.45) is 2.46. The third-order valence-corrected chi connectivity index (χ3v) is 5.84. The van der Waals surface area contributed by atoms with E-state index in [1.165, 1.54) is 23.5 Å². The van der Waals surface area contributed by atoms with Crippen molar-refractivity contribution in [1.82, 2.24) is 4.31 Å². The largest absolute Gasteiger partial charge is 0.469 e. The number of sulfonamides is 1. The molecule has 0 aromatic heterocycles. The predicted octanol–water partition coefficient (Wildman–Crippen LogP) is 2.45. The lowest BCUT2D eigenvalue weighted by Crippen LogP contribution is -2.44. The number of carbonyl (C=O) groups is 1. The van der Waals surface area contributed by atoms with Crippen molar-refractivity contribution in [2.24, 2.45) is 0 Å². The molecule has 0 aliphatic carbocycles. The van der Waals surface area contributed by atoms with Crippen LogP contribution in [-0.2, 0) is 19.6 Å². The molecule has 1 aliphatic heterocycles. The van der Waals surface area contributed by atoms with Crippen LogP contribution < -0.4 is 0 Å². The number of hydrogen-bond donors (Lipinski definition) is 0. The number of benzene rings is 1. The fourth-order valence-corrected chi connectivity index (χ4v) is 4.33. The molecule has 0 spiro atoms. The summed E-state index contributed by atoms with van der Waals surface area (Å²) >= 11 is 5.79. The highest BCUT2D eigenvalue weighted by molar-refractivity contribution is 7.89. The van der Waals surface area contributed by atoms with Crippen LogP contribution in [0.5, 0.6) is 0 Å². The molecule has 0 radical (unpaired) electrons. The van der Waals surface area contributed by atoms with E-state index in [0.29, 0.717) is 18.0 Å². The number of esters is 1. The summed E-state index contributed by atoms with van der Waals surface area (Å²) in [7, 11) is -2.31. The van der Waals surface area contributed by atoms with Crippen molar-refractivity contribution in [3.05, 3.63) is 29.3 Å². The standard InChI is InChI=1S/C14H18ClNO4S/c1-20-14(17)10-12-4-2-3-9-16(12)21(18,19)13-7-5-11(15)6-8-13/h5-8,12H,2-4,9-10H2,1H3. The first-order chi connectivity index (χ1) is 9.95. The van der Waals surface area contributed by atoms with Crippen LogP contribution in [-0.4, -0.2) is 38.4 Å². The molecule has 1 aromatic rings. The zero-order valence-corrected chi connectivity index (χ0v) is 13.4. The van der Waals surface area contributed by atoms with Crippen LogP contribution in [0.1, 0.15) is 25.7 Å². The summed E-state index contributed by atoms with van der Waals surface area (Å²) in [5, 5.41) is 0.485. The minimum absolute atomic E-state index is 0.0866. The summed E-state index contributed by atoms with van der Waals surface area (Å²) in [4.78, 5) is 11.7. The van der Waals surface area contributed by atoms with Gasteiger partial charge in [0.15, 0.2) is 0 Å². The topological polar surface area (TPSA) is 63.7 Å². The maximum atomic E-state index is 12.7. The minimum Gasteiger partial charge on any atom is -0.469 e. The zero-order chi connectivity index (χ0) is 15.5. The van der Waals surface area contributed by atoms with Crippen molar-refractivity contribution in [2.45, 2.75) is 36.6 Å². The monoisotopic (exact) mass is 331 g/mol. The SMILES string of the molecule is COC(=O)CC1CCCCN1S(=O)(=O)c1ccc(Cl)cc1. The number of ether oxygens (including phenoxy) is 1. The second-order valence-corrected chi connectivity index (χ2v) is 7.33. The first-order valence-electron chi connectivity index (χ1n) is 6.79. The van der Waals surface area contributed by atoms with Gasteiger partial charge in [-0.05, 0) is 37.1 Å². The lowest BCUT2D eigenvalue weighted by molar-refractivity contribution is -0.141. The molecule has 0 N–H and O–H groups in total. The summed E-state index contributed by atoms with van der Waals surface area (Å²) in [6.45, 7) is 0.423. The van der Waals surface area contributed by atoms with Crippen LogP contribution in [0.4, 0.5) is 0 Å². The minimum atomic E-state index is -3.61. The van der Waals surface area contributed by atoms with E-state index in [-0.39, 0.29) is 17.4 Å². The molecule has 1 saturated heterocycles. The van der Waals surface area contributed by atoms with Crippen LogP contribution in [0.15, 0.2) is 29.2 Å². The molecule has 1 aliphatic rings. The molecule has 1 heterocycles. The van der Waals surface area contributed by atoms with Crippen LogP contribution in [0.25, 0.3) is 0 Å². The number of hydrogen-bond acceptors (Lipinski definition) is 4. The number of nitrogens with zero attached hydrogens (tertiary/aromatic N) is 1. The third kappa shape index (κ3) is 3.75. The van der Waals surface area contributed by atoms with E-state index in [1.54, 1.807) is 12.1 Å². The first kappa shape index (κ1) is 16.3. The van der Waals surface area contributed by atoms with Crippen molar-refractivity contribution in [3.63, 3.8) is 0 Å². The molecule has 1 unspecified atom stereocenters. The van der Waals surface area contributed by atoms with E-state index >= 15 is 0 Å². The van der Waals surface area contributed by atoms with Gasteiger partial charge in [-0.3, -0.25) is 4.79 Å². The molecule has 0 amide bonds. The number of piperidine rings is 1. The second kappa shape index (κ2) is 6.77. The van der Waals surface area contributed by atoms with Crippen LogP contribution in [0.3, 0.4) is 0 Å². The van der Waals surface area contributed by atoms with Crippen molar-refractivity contribution in [1.29, 1.82) is 0 Å². The lowest BCUT2D eigenvalue weighted by Gasteiger charge is -2.34. The molecular weight excluding hydrogens is 314 g/mol. The highest BCUT2D eigenvalue weighted by atomic mass is 35.5. The molecule has 2 rings (SSSR count). The smallest absolute Gasteiger partial charge is 0.307 e. The van der Waals surface area contributed by atoms with Gasteiger partial charge in [0.1, 0.15) is 0 Å². The Kier molecular flexibility index (Phi) is 5.24. The normalized spacial score (nSPS) is 20.2. The number of carbonyl (C=O) groups excluding carboxylic acids is 1. The van der Waals surface area contributed by atoms with Crippen molar-refractivity contribution in [2.75, 3.05) is 13.7 Å². The number of methoxy groups -OCH3 is 1. The van der Waals surface area contributed by atoms with Gasteiger partial charge >= 0.3 is 5.97 Å². The van der Waals surface area contributed by atoms with Gasteiger partial charge in [0.05, 0.1) is 18.4 Å². The number of rotatable bonds is 4. The maximum Gasteiger partial charge on any atom is 0.307 e. The molecule has 0 saturated carbocycles. The maximum absolute atomic E-state index is 12.7. The van der Waals surface area contributed by atoms with Gasteiger partial charge in [0.2, 0.25) is 10.0 Å². The second-order valence-electron chi connectivity index (χ2n) is 5.00. The summed E-state index contributed by atoms with van der Waals surface area (Å²) in [5.74, 6) is -0.391. The Hall–Kier alpha value is -1.11. The van der Waals surface area contributed by atoms with Crippen molar-refractivity contribution < 1.29 is 17.9 Å². The Bertz CT molecular complexity index is 600. The van der Waals surface area contributed by atoms with E-state index in [2.05, 4.69) is 4.74 Å². The molecule has 1 fully saturated rings. The van der Waals surface area contributed by atoms with Gasteiger partial charge in [-0.1, -0.05) is 18.0 Å². The van der Waals surface area contributed by atoms with Crippen LogP contribution >= 0.6 is 11.6 Å². The average Bonchev–Trinajstić information content (AvgIpc) is 2.48. The van der Waals surface area contributed by atoms with Crippen LogP contribution in [0.2, 0.25) is 5.02 Å². The molecule has 0 bridgehead atoms. The van der Waals surface area contributed by atoms with E-state index in [4.69, 9.17) is 11.6 Å². The van der Waals surface area contributed by atoms with Crippen molar-refractivity contribution in [3.8, 4) is 0 Å². The van der Waals surface area contributed by atoms with Crippen LogP contribution in [0, 0.1) is 0 Å². The Morgan fingerprint density at radius 1 is 1.33 bits per heavy atom. The third-order valence-electron chi connectivity index (χ3n) is 3.62. The number of halogens is 1. The quantitative estimate of drug-likeness (QED) is 0.795. The Morgan fingerprint density at radius 2 is 2.00 bits per heavy atom. The van der Waals surface area contributed by atoms with E-state index in [9.17, 15) is 13.2 Å². The highest BCUT2D eigenvalue weighted by Gasteiger charge is 2.34. The van der Waals surface area contributed by atoms with Gasteiger partial charge in [-0.25, -0.2) is 8.42 Å². The Balaban J connectivity index is 2.27. The highest BCUT2D eigenvalue weighted by Crippen LogP contribution is 2.27. The van der Waals surface area contributed by atoms with E-state index in [0.717, 1.165) is 12.8 Å². The molecule has 7 heteroatoms. The van der Waals surface area contributed by atoms with E-state index < -0.39 is 16.0 Å². The molecule has 5 nitrogen and oxygen atoms in total. The first-order valence-corrected chi connectivity index (χ1v) is 8.61. The van der Waals surface area contributed by atoms with Gasteiger partial charge in [-0.15, -0.1) is 0 Å². The molecule has 1 atom stereocenters. The predicted molar refractivity (Wildman–Crippen MR) is 79.6 cm³/mol. The molecule has 21 heavy (non-hydrogen) atoms. The average molecular weight is 332 g/mol. The fraction of sp³-hybridized carbons (Fsp3) is 0.500. The summed E-state index contributed by atoms with van der Waals surface area (Å²) in [6, 6.07) is 5.73. The Labute approximate surface area is 129 Å². The van der Waals surface area contributed by atoms with E-state index in [1.807, 2.05) is 0 Å². The summed E-state index contributed by atoms with van der Waals surface area (Å²) in [5.41, 5.74) is 0. The molecular formula is C14H18ClNO4S. The molecule has 1 aromatic carbocycles. The van der Waals surface area contributed by atoms with Crippen molar-refractivity contribution >= 4 is 27.6 Å². The van der Waals surface area contributed by atoms with Gasteiger partial charge < -0.3 is 4.74 Å². The molecule has 116 valence electrons. The summed E-state index contributed by atoms with van der Waals surface area (Å²) < 4.78 is 31.5. The van der Waals surface area contributed by atoms with Gasteiger partial charge in [-0.2, -0.15) is 4.31 Å². The Morgan fingerprint density at radius 3 is 2.62 bits per heavy atom. The fourth-order valence-electron chi connectivity index (χ4n) is 2.51.